The fourth-order valence-corrected chi connectivity index (χ4v) is 3.54. The SMILES string of the molecule is O=C(NCc1ccc(Cl)cc1)C1CC(=O)N(C2CCCC2)C1. The molecular formula is C17H21ClN2O2. The van der Waals surface area contributed by atoms with E-state index in [4.69, 9.17) is 11.6 Å². The van der Waals surface area contributed by atoms with E-state index in [-0.39, 0.29) is 17.7 Å². The van der Waals surface area contributed by atoms with Crippen molar-refractivity contribution in [1.29, 1.82) is 0 Å². The van der Waals surface area contributed by atoms with E-state index >= 15 is 0 Å². The largest absolute Gasteiger partial charge is 0.352 e. The fraction of sp³-hybridized carbons (Fsp3) is 0.529. The molecule has 1 unspecified atom stereocenters. The van der Waals surface area contributed by atoms with Gasteiger partial charge in [-0.05, 0) is 30.5 Å². The van der Waals surface area contributed by atoms with Crippen LogP contribution in [0.3, 0.4) is 0 Å². The van der Waals surface area contributed by atoms with Gasteiger partial charge < -0.3 is 10.2 Å². The van der Waals surface area contributed by atoms with Crippen LogP contribution in [0, 0.1) is 5.92 Å². The Hall–Kier alpha value is -1.55. The van der Waals surface area contributed by atoms with E-state index in [9.17, 15) is 9.59 Å². The van der Waals surface area contributed by atoms with Gasteiger partial charge in [-0.2, -0.15) is 0 Å². The van der Waals surface area contributed by atoms with Gasteiger partial charge in [0, 0.05) is 30.6 Å². The molecule has 1 atom stereocenters. The second-order valence-electron chi connectivity index (χ2n) is 6.23. The lowest BCUT2D eigenvalue weighted by Gasteiger charge is -2.23. The van der Waals surface area contributed by atoms with Crippen LogP contribution in [0.4, 0.5) is 0 Å². The summed E-state index contributed by atoms with van der Waals surface area (Å²) in [7, 11) is 0. The first-order valence-corrected chi connectivity index (χ1v) is 8.33. The highest BCUT2D eigenvalue weighted by Crippen LogP contribution is 2.29. The van der Waals surface area contributed by atoms with E-state index in [0.29, 0.717) is 30.6 Å². The maximum Gasteiger partial charge on any atom is 0.225 e. The van der Waals surface area contributed by atoms with Crippen LogP contribution in [0.2, 0.25) is 5.02 Å². The van der Waals surface area contributed by atoms with Crippen LogP contribution in [0.25, 0.3) is 0 Å². The minimum absolute atomic E-state index is 0.0243. The molecule has 0 spiro atoms. The Morgan fingerprint density at radius 1 is 1.23 bits per heavy atom. The summed E-state index contributed by atoms with van der Waals surface area (Å²) in [6.07, 6.45) is 4.92. The van der Waals surface area contributed by atoms with Gasteiger partial charge in [-0.15, -0.1) is 0 Å². The molecule has 0 bridgehead atoms. The zero-order valence-corrected chi connectivity index (χ0v) is 13.3. The highest BCUT2D eigenvalue weighted by Gasteiger charge is 2.38. The predicted octanol–water partition coefficient (Wildman–Crippen LogP) is 2.75. The van der Waals surface area contributed by atoms with Crippen molar-refractivity contribution < 1.29 is 9.59 Å². The maximum atomic E-state index is 12.3. The highest BCUT2D eigenvalue weighted by atomic mass is 35.5. The molecular weight excluding hydrogens is 300 g/mol. The Kier molecular flexibility index (Phi) is 4.67. The zero-order valence-electron chi connectivity index (χ0n) is 12.6. The number of nitrogens with one attached hydrogen (secondary N) is 1. The summed E-state index contributed by atoms with van der Waals surface area (Å²) in [5.74, 6) is -0.0947. The lowest BCUT2D eigenvalue weighted by Crippen LogP contribution is -2.36. The van der Waals surface area contributed by atoms with Gasteiger partial charge in [0.25, 0.3) is 0 Å². The average molecular weight is 321 g/mol. The van der Waals surface area contributed by atoms with Crippen LogP contribution in [0.15, 0.2) is 24.3 Å². The van der Waals surface area contributed by atoms with Crippen molar-refractivity contribution in [3.05, 3.63) is 34.9 Å². The summed E-state index contributed by atoms with van der Waals surface area (Å²) < 4.78 is 0. The summed E-state index contributed by atoms with van der Waals surface area (Å²) >= 11 is 5.84. The summed E-state index contributed by atoms with van der Waals surface area (Å²) in [5, 5.41) is 3.62. The number of rotatable bonds is 4. The molecule has 1 saturated carbocycles. The summed E-state index contributed by atoms with van der Waals surface area (Å²) in [6, 6.07) is 7.77. The third-order valence-electron chi connectivity index (χ3n) is 4.67. The van der Waals surface area contributed by atoms with E-state index in [1.54, 1.807) is 0 Å². The molecule has 0 radical (unpaired) electrons. The number of halogens is 1. The molecule has 3 rings (SSSR count). The molecule has 1 N–H and O–H groups in total. The van der Waals surface area contributed by atoms with Crippen LogP contribution in [-0.2, 0) is 16.1 Å². The van der Waals surface area contributed by atoms with Crippen LogP contribution < -0.4 is 5.32 Å². The first kappa shape index (κ1) is 15.3. The van der Waals surface area contributed by atoms with Crippen LogP contribution in [0.1, 0.15) is 37.7 Å². The minimum Gasteiger partial charge on any atom is -0.352 e. The van der Waals surface area contributed by atoms with Crippen molar-refractivity contribution in [3.63, 3.8) is 0 Å². The number of carbonyl (C=O) groups is 2. The molecule has 0 aromatic heterocycles. The number of amides is 2. The molecule has 1 saturated heterocycles. The second-order valence-corrected chi connectivity index (χ2v) is 6.67. The van der Waals surface area contributed by atoms with Gasteiger partial charge in [-0.1, -0.05) is 36.6 Å². The Morgan fingerprint density at radius 2 is 1.91 bits per heavy atom. The molecule has 22 heavy (non-hydrogen) atoms. The van der Waals surface area contributed by atoms with Crippen LogP contribution >= 0.6 is 11.6 Å². The smallest absolute Gasteiger partial charge is 0.225 e. The standard InChI is InChI=1S/C17H21ClN2O2/c18-14-7-5-12(6-8-14)10-19-17(22)13-9-16(21)20(11-13)15-3-1-2-4-15/h5-8,13,15H,1-4,9-11H2,(H,19,22). The normalized spacial score (nSPS) is 22.3. The molecule has 118 valence electrons. The summed E-state index contributed by atoms with van der Waals surface area (Å²) in [6.45, 7) is 1.06. The topological polar surface area (TPSA) is 49.4 Å². The molecule has 1 aromatic rings. The van der Waals surface area contributed by atoms with Crippen molar-refractivity contribution >= 4 is 23.4 Å². The number of hydrogen-bond acceptors (Lipinski definition) is 2. The first-order chi connectivity index (χ1) is 10.6. The van der Waals surface area contributed by atoms with Gasteiger partial charge >= 0.3 is 0 Å². The Bertz CT molecular complexity index is 552. The quantitative estimate of drug-likeness (QED) is 0.927. The van der Waals surface area contributed by atoms with Gasteiger partial charge in [0.2, 0.25) is 11.8 Å². The third kappa shape index (κ3) is 3.43. The van der Waals surface area contributed by atoms with E-state index in [1.807, 2.05) is 29.2 Å². The molecule has 1 aromatic carbocycles. The molecule has 1 aliphatic heterocycles. The molecule has 4 nitrogen and oxygen atoms in total. The van der Waals surface area contributed by atoms with Crippen molar-refractivity contribution in [2.24, 2.45) is 5.92 Å². The average Bonchev–Trinajstić information content (AvgIpc) is 3.15. The monoisotopic (exact) mass is 320 g/mol. The molecule has 1 heterocycles. The van der Waals surface area contributed by atoms with Crippen molar-refractivity contribution in [2.45, 2.75) is 44.7 Å². The van der Waals surface area contributed by atoms with Crippen molar-refractivity contribution in [1.82, 2.24) is 10.2 Å². The summed E-state index contributed by atoms with van der Waals surface area (Å²) in [4.78, 5) is 26.3. The zero-order chi connectivity index (χ0) is 15.5. The van der Waals surface area contributed by atoms with Crippen LogP contribution in [-0.4, -0.2) is 29.3 Å². The number of benzene rings is 1. The minimum atomic E-state index is -0.208. The predicted molar refractivity (Wildman–Crippen MR) is 85.4 cm³/mol. The van der Waals surface area contributed by atoms with Crippen molar-refractivity contribution in [2.75, 3.05) is 6.54 Å². The molecule has 5 heteroatoms. The van der Waals surface area contributed by atoms with E-state index < -0.39 is 0 Å². The first-order valence-electron chi connectivity index (χ1n) is 7.95. The Labute approximate surface area is 135 Å². The van der Waals surface area contributed by atoms with Gasteiger partial charge in [-0.25, -0.2) is 0 Å². The molecule has 2 aliphatic rings. The lowest BCUT2D eigenvalue weighted by atomic mass is 10.1. The van der Waals surface area contributed by atoms with Gasteiger partial charge in [0.1, 0.15) is 0 Å². The Balaban J connectivity index is 1.52. The molecule has 2 fully saturated rings. The fourth-order valence-electron chi connectivity index (χ4n) is 3.41. The number of carbonyl (C=O) groups excluding carboxylic acids is 2. The number of hydrogen-bond donors (Lipinski definition) is 1. The van der Waals surface area contributed by atoms with Gasteiger partial charge in [0.05, 0.1) is 5.92 Å². The second kappa shape index (κ2) is 6.69. The molecule has 2 amide bonds. The number of nitrogens with zero attached hydrogens (tertiary/aromatic N) is 1. The van der Waals surface area contributed by atoms with Crippen molar-refractivity contribution in [3.8, 4) is 0 Å². The number of likely N-dealkylation sites (tertiary alicyclic amines) is 1. The third-order valence-corrected chi connectivity index (χ3v) is 4.93. The van der Waals surface area contributed by atoms with E-state index in [1.165, 1.54) is 12.8 Å². The maximum absolute atomic E-state index is 12.3. The van der Waals surface area contributed by atoms with E-state index in [2.05, 4.69) is 5.32 Å². The van der Waals surface area contributed by atoms with Gasteiger partial charge in [0.15, 0.2) is 0 Å². The molecule has 1 aliphatic carbocycles. The summed E-state index contributed by atoms with van der Waals surface area (Å²) in [5.41, 5.74) is 1.01. The lowest BCUT2D eigenvalue weighted by molar-refractivity contribution is -0.130. The highest BCUT2D eigenvalue weighted by molar-refractivity contribution is 6.30. The Morgan fingerprint density at radius 3 is 2.59 bits per heavy atom. The van der Waals surface area contributed by atoms with Crippen LogP contribution in [0.5, 0.6) is 0 Å². The van der Waals surface area contributed by atoms with E-state index in [0.717, 1.165) is 18.4 Å². The van der Waals surface area contributed by atoms with Gasteiger partial charge in [-0.3, -0.25) is 9.59 Å².